The van der Waals surface area contributed by atoms with Crippen LogP contribution in [0.15, 0.2) is 22.6 Å². The molecule has 124 valence electrons. The van der Waals surface area contributed by atoms with Crippen molar-refractivity contribution in [2.45, 2.75) is 46.5 Å². The summed E-state index contributed by atoms with van der Waals surface area (Å²) in [5, 5.41) is 2.87. The second-order valence-electron chi connectivity index (χ2n) is 6.71. The van der Waals surface area contributed by atoms with Gasteiger partial charge in [0.1, 0.15) is 11.5 Å². The summed E-state index contributed by atoms with van der Waals surface area (Å²) in [6.07, 6.45) is 0.145. The number of benzene rings is 1. The maximum absolute atomic E-state index is 12.3. The van der Waals surface area contributed by atoms with E-state index in [0.29, 0.717) is 23.1 Å². The van der Waals surface area contributed by atoms with Crippen molar-refractivity contribution in [3.8, 4) is 5.75 Å². The molecule has 0 unspecified atom stereocenters. The molecule has 5 heteroatoms. The van der Waals surface area contributed by atoms with Crippen LogP contribution in [0.2, 0.25) is 0 Å². The van der Waals surface area contributed by atoms with Gasteiger partial charge in [0.05, 0.1) is 24.9 Å². The molecule has 5 nitrogen and oxygen atoms in total. The highest BCUT2D eigenvalue weighted by Gasteiger charge is 2.23. The zero-order valence-electron chi connectivity index (χ0n) is 14.6. The lowest BCUT2D eigenvalue weighted by Gasteiger charge is -2.12. The molecule has 1 heterocycles. The molecule has 1 aromatic carbocycles. The highest BCUT2D eigenvalue weighted by atomic mass is 16.5. The smallest absolute Gasteiger partial charge is 0.232 e. The molecule has 0 bridgehead atoms. The number of aryl methyl sites for hydroxylation is 2. The summed E-state index contributed by atoms with van der Waals surface area (Å²) in [5.74, 6) is 1.72. The van der Waals surface area contributed by atoms with Gasteiger partial charge in [-0.25, -0.2) is 4.98 Å². The zero-order valence-corrected chi connectivity index (χ0v) is 14.6. The predicted molar refractivity (Wildman–Crippen MR) is 90.0 cm³/mol. The number of carbonyl (C=O) groups excluding carboxylic acids is 1. The standard InChI is InChI=1S/C18H24N2O3/c1-11-7-8-14(22-6)13(9-11)20-16(21)10-15-12(2)19-17(23-15)18(3,4)5/h7-9H,10H2,1-6H3,(H,20,21). The summed E-state index contributed by atoms with van der Waals surface area (Å²) in [7, 11) is 1.58. The molecule has 0 aliphatic carbocycles. The fourth-order valence-electron chi connectivity index (χ4n) is 2.17. The third kappa shape index (κ3) is 4.12. The minimum absolute atomic E-state index is 0.145. The fraction of sp³-hybridized carbons (Fsp3) is 0.444. The number of methoxy groups -OCH3 is 1. The molecule has 2 aromatic rings. The molecular weight excluding hydrogens is 292 g/mol. The Labute approximate surface area is 137 Å². The molecule has 0 atom stereocenters. The number of hydrogen-bond donors (Lipinski definition) is 1. The summed E-state index contributed by atoms with van der Waals surface area (Å²) in [4.78, 5) is 16.7. The number of nitrogens with one attached hydrogen (secondary N) is 1. The van der Waals surface area contributed by atoms with Gasteiger partial charge in [0.2, 0.25) is 5.91 Å². The average molecular weight is 316 g/mol. The first kappa shape index (κ1) is 17.1. The SMILES string of the molecule is COc1ccc(C)cc1NC(=O)Cc1oc(C(C)(C)C)nc1C. The fourth-order valence-corrected chi connectivity index (χ4v) is 2.17. The Morgan fingerprint density at radius 1 is 1.30 bits per heavy atom. The Bertz CT molecular complexity index is 712. The first-order valence-corrected chi connectivity index (χ1v) is 7.62. The molecule has 1 aromatic heterocycles. The Hall–Kier alpha value is -2.30. The highest BCUT2D eigenvalue weighted by molar-refractivity contribution is 5.93. The molecule has 0 saturated heterocycles. The molecule has 1 amide bonds. The minimum atomic E-state index is -0.181. The number of nitrogens with zero attached hydrogens (tertiary/aromatic N) is 1. The summed E-state index contributed by atoms with van der Waals surface area (Å²) < 4.78 is 11.0. The Kier molecular flexibility index (Phi) is 4.78. The topological polar surface area (TPSA) is 64.4 Å². The number of rotatable bonds is 4. The van der Waals surface area contributed by atoms with E-state index in [9.17, 15) is 4.79 Å². The van der Waals surface area contributed by atoms with Gasteiger partial charge in [-0.05, 0) is 31.5 Å². The monoisotopic (exact) mass is 316 g/mol. The van der Waals surface area contributed by atoms with Crippen molar-refractivity contribution >= 4 is 11.6 Å². The lowest BCUT2D eigenvalue weighted by atomic mass is 9.97. The first-order chi connectivity index (χ1) is 10.7. The van der Waals surface area contributed by atoms with Gasteiger partial charge in [0, 0.05) is 5.41 Å². The second kappa shape index (κ2) is 6.44. The van der Waals surface area contributed by atoms with Gasteiger partial charge in [-0.15, -0.1) is 0 Å². The molecule has 0 radical (unpaired) electrons. The van der Waals surface area contributed by atoms with Crippen LogP contribution in [-0.4, -0.2) is 18.0 Å². The molecule has 2 rings (SSSR count). The van der Waals surface area contributed by atoms with Crippen LogP contribution in [0.4, 0.5) is 5.69 Å². The van der Waals surface area contributed by atoms with E-state index in [4.69, 9.17) is 9.15 Å². The van der Waals surface area contributed by atoms with Crippen LogP contribution in [0.3, 0.4) is 0 Å². The van der Waals surface area contributed by atoms with Crippen molar-refractivity contribution in [2.24, 2.45) is 0 Å². The molecular formula is C18H24N2O3. The van der Waals surface area contributed by atoms with Gasteiger partial charge in [-0.1, -0.05) is 26.8 Å². The van der Waals surface area contributed by atoms with Crippen LogP contribution in [0.25, 0.3) is 0 Å². The van der Waals surface area contributed by atoms with Crippen molar-refractivity contribution in [3.05, 3.63) is 41.1 Å². The lowest BCUT2D eigenvalue weighted by molar-refractivity contribution is -0.115. The third-order valence-corrected chi connectivity index (χ3v) is 3.48. The van der Waals surface area contributed by atoms with E-state index in [1.54, 1.807) is 7.11 Å². The van der Waals surface area contributed by atoms with Crippen LogP contribution in [0.1, 0.15) is 43.7 Å². The molecule has 1 N–H and O–H groups in total. The molecule has 0 spiro atoms. The number of anilines is 1. The van der Waals surface area contributed by atoms with Crippen molar-refractivity contribution in [1.29, 1.82) is 0 Å². The van der Waals surface area contributed by atoms with Crippen LogP contribution in [0.5, 0.6) is 5.75 Å². The summed E-state index contributed by atoms with van der Waals surface area (Å²) in [6.45, 7) is 9.90. The molecule has 0 fully saturated rings. The maximum Gasteiger partial charge on any atom is 0.232 e. The van der Waals surface area contributed by atoms with E-state index in [2.05, 4.69) is 10.3 Å². The molecule has 0 saturated carbocycles. The van der Waals surface area contributed by atoms with Gasteiger partial charge < -0.3 is 14.5 Å². The van der Waals surface area contributed by atoms with Crippen LogP contribution < -0.4 is 10.1 Å². The van der Waals surface area contributed by atoms with Gasteiger partial charge in [0.15, 0.2) is 5.89 Å². The van der Waals surface area contributed by atoms with E-state index in [0.717, 1.165) is 11.3 Å². The summed E-state index contributed by atoms with van der Waals surface area (Å²) in [6, 6.07) is 5.65. The Balaban J connectivity index is 2.14. The van der Waals surface area contributed by atoms with Crippen LogP contribution >= 0.6 is 0 Å². The van der Waals surface area contributed by atoms with Gasteiger partial charge in [0.25, 0.3) is 0 Å². The highest BCUT2D eigenvalue weighted by Crippen LogP contribution is 2.27. The molecule has 0 aliphatic rings. The van der Waals surface area contributed by atoms with E-state index in [1.165, 1.54) is 0 Å². The molecule has 23 heavy (non-hydrogen) atoms. The van der Waals surface area contributed by atoms with Crippen molar-refractivity contribution < 1.29 is 13.9 Å². The largest absolute Gasteiger partial charge is 0.495 e. The van der Waals surface area contributed by atoms with E-state index < -0.39 is 0 Å². The zero-order chi connectivity index (χ0) is 17.2. The average Bonchev–Trinajstić information content (AvgIpc) is 2.80. The lowest BCUT2D eigenvalue weighted by Crippen LogP contribution is -2.15. The van der Waals surface area contributed by atoms with Gasteiger partial charge in [-0.2, -0.15) is 0 Å². The third-order valence-electron chi connectivity index (χ3n) is 3.48. The Morgan fingerprint density at radius 2 is 2.00 bits per heavy atom. The second-order valence-corrected chi connectivity index (χ2v) is 6.71. The van der Waals surface area contributed by atoms with Crippen molar-refractivity contribution in [3.63, 3.8) is 0 Å². The number of ether oxygens (including phenoxy) is 1. The van der Waals surface area contributed by atoms with E-state index in [-0.39, 0.29) is 17.7 Å². The first-order valence-electron chi connectivity index (χ1n) is 7.62. The Morgan fingerprint density at radius 3 is 2.57 bits per heavy atom. The van der Waals surface area contributed by atoms with Crippen LogP contribution in [0, 0.1) is 13.8 Å². The number of aromatic nitrogens is 1. The minimum Gasteiger partial charge on any atom is -0.495 e. The number of carbonyl (C=O) groups is 1. The van der Waals surface area contributed by atoms with Gasteiger partial charge in [-0.3, -0.25) is 4.79 Å². The number of oxazole rings is 1. The van der Waals surface area contributed by atoms with Gasteiger partial charge >= 0.3 is 0 Å². The summed E-state index contributed by atoms with van der Waals surface area (Å²) >= 11 is 0. The maximum atomic E-state index is 12.3. The number of hydrogen-bond acceptors (Lipinski definition) is 4. The normalized spacial score (nSPS) is 11.4. The van der Waals surface area contributed by atoms with Crippen molar-refractivity contribution in [1.82, 2.24) is 4.98 Å². The molecule has 0 aliphatic heterocycles. The summed E-state index contributed by atoms with van der Waals surface area (Å²) in [5.41, 5.74) is 2.28. The van der Waals surface area contributed by atoms with E-state index in [1.807, 2.05) is 52.8 Å². The quantitative estimate of drug-likeness (QED) is 0.932. The van der Waals surface area contributed by atoms with E-state index >= 15 is 0 Å². The van der Waals surface area contributed by atoms with Crippen molar-refractivity contribution in [2.75, 3.05) is 12.4 Å². The van der Waals surface area contributed by atoms with Crippen LogP contribution in [-0.2, 0) is 16.6 Å². The number of amides is 1. The predicted octanol–water partition coefficient (Wildman–Crippen LogP) is 3.78.